The van der Waals surface area contributed by atoms with E-state index in [-0.39, 0.29) is 18.2 Å². The Kier molecular flexibility index (Phi) is 2.79. The van der Waals surface area contributed by atoms with E-state index >= 15 is 0 Å². The minimum Gasteiger partial charge on any atom is -0.385 e. The highest BCUT2D eigenvalue weighted by molar-refractivity contribution is 6.03. The summed E-state index contributed by atoms with van der Waals surface area (Å²) in [6.07, 6.45) is 5.18. The molecule has 5 heteroatoms. The van der Waals surface area contributed by atoms with Gasteiger partial charge >= 0.3 is 6.03 Å². The van der Waals surface area contributed by atoms with Crippen LogP contribution in [0.5, 0.6) is 0 Å². The highest BCUT2D eigenvalue weighted by atomic mass is 19.1. The van der Waals surface area contributed by atoms with Crippen molar-refractivity contribution in [3.05, 3.63) is 35.6 Å². The molecule has 0 bridgehead atoms. The monoisotopic (exact) mass is 231 g/mol. The summed E-state index contributed by atoms with van der Waals surface area (Å²) in [7, 11) is 0. The van der Waals surface area contributed by atoms with Gasteiger partial charge in [0.25, 0.3) is 0 Å². The van der Waals surface area contributed by atoms with Crippen molar-refractivity contribution in [3.63, 3.8) is 0 Å². The average Bonchev–Trinajstić information content (AvgIpc) is 2.56. The lowest BCUT2D eigenvalue weighted by Crippen LogP contribution is -2.33. The number of carbonyl (C=O) groups is 1. The van der Waals surface area contributed by atoms with Gasteiger partial charge in [-0.25, -0.2) is 9.18 Å². The molecule has 4 nitrogen and oxygen atoms in total. The Morgan fingerprint density at radius 1 is 1.47 bits per heavy atom. The van der Waals surface area contributed by atoms with E-state index in [1.807, 2.05) is 0 Å². The van der Waals surface area contributed by atoms with Crippen molar-refractivity contribution < 1.29 is 9.18 Å². The van der Waals surface area contributed by atoms with Gasteiger partial charge in [-0.3, -0.25) is 4.90 Å². The van der Waals surface area contributed by atoms with Crippen LogP contribution in [-0.4, -0.2) is 23.3 Å². The highest BCUT2D eigenvalue weighted by Gasteiger charge is 2.33. The first kappa shape index (κ1) is 11.1. The molecule has 1 atom stereocenters. The van der Waals surface area contributed by atoms with Crippen molar-refractivity contribution in [3.8, 4) is 12.3 Å². The maximum atomic E-state index is 12.8. The van der Waals surface area contributed by atoms with E-state index in [0.29, 0.717) is 5.56 Å². The molecule has 17 heavy (non-hydrogen) atoms. The fourth-order valence-electron chi connectivity index (χ4n) is 1.76. The first-order chi connectivity index (χ1) is 8.13. The van der Waals surface area contributed by atoms with Crippen LogP contribution >= 0.6 is 0 Å². The average molecular weight is 231 g/mol. The molecular weight excluding hydrogens is 221 g/mol. The third kappa shape index (κ3) is 1.97. The van der Waals surface area contributed by atoms with Crippen LogP contribution in [0.15, 0.2) is 29.3 Å². The van der Waals surface area contributed by atoms with Crippen molar-refractivity contribution in [2.75, 3.05) is 6.54 Å². The van der Waals surface area contributed by atoms with Gasteiger partial charge in [-0.15, -0.1) is 6.42 Å². The Hall–Kier alpha value is -2.35. The van der Waals surface area contributed by atoms with Crippen molar-refractivity contribution in [2.24, 2.45) is 10.7 Å². The van der Waals surface area contributed by atoms with Gasteiger partial charge in [0.1, 0.15) is 17.7 Å². The molecule has 1 aromatic rings. The predicted molar refractivity (Wildman–Crippen MR) is 61.7 cm³/mol. The van der Waals surface area contributed by atoms with Gasteiger partial charge in [0, 0.05) is 0 Å². The standard InChI is InChI=1S/C12H10FN3O/c1-2-7-16-10(11(14)15-12(16)17)8-3-5-9(13)6-4-8/h1,3-6,10H,7H2,(H2,14,15,17). The van der Waals surface area contributed by atoms with Crippen LogP contribution < -0.4 is 5.73 Å². The van der Waals surface area contributed by atoms with Crippen LogP contribution in [0.4, 0.5) is 9.18 Å². The molecule has 0 saturated heterocycles. The summed E-state index contributed by atoms with van der Waals surface area (Å²) in [5.41, 5.74) is 6.37. The second kappa shape index (κ2) is 4.26. The van der Waals surface area contributed by atoms with Gasteiger partial charge in [0.2, 0.25) is 0 Å². The van der Waals surface area contributed by atoms with Crippen molar-refractivity contribution in [1.29, 1.82) is 0 Å². The highest BCUT2D eigenvalue weighted by Crippen LogP contribution is 2.26. The lowest BCUT2D eigenvalue weighted by atomic mass is 10.1. The predicted octanol–water partition coefficient (Wildman–Crippen LogP) is 1.29. The molecule has 2 rings (SSSR count). The minimum atomic E-state index is -0.501. The van der Waals surface area contributed by atoms with Crippen LogP contribution in [0.25, 0.3) is 0 Å². The molecule has 1 aliphatic rings. The molecule has 2 N–H and O–H groups in total. The van der Waals surface area contributed by atoms with E-state index in [0.717, 1.165) is 0 Å². The summed E-state index contributed by atoms with van der Waals surface area (Å²) >= 11 is 0. The number of amidine groups is 1. The van der Waals surface area contributed by atoms with E-state index < -0.39 is 12.1 Å². The van der Waals surface area contributed by atoms with Gasteiger partial charge in [0.05, 0.1) is 6.54 Å². The second-order valence-corrected chi connectivity index (χ2v) is 3.61. The van der Waals surface area contributed by atoms with Crippen molar-refractivity contribution >= 4 is 11.9 Å². The molecule has 1 heterocycles. The Morgan fingerprint density at radius 3 is 2.71 bits per heavy atom. The Morgan fingerprint density at radius 2 is 2.12 bits per heavy atom. The number of hydrogen-bond donors (Lipinski definition) is 1. The lowest BCUT2D eigenvalue weighted by Gasteiger charge is -2.22. The van der Waals surface area contributed by atoms with Crippen molar-refractivity contribution in [2.45, 2.75) is 6.04 Å². The van der Waals surface area contributed by atoms with Gasteiger partial charge in [-0.2, -0.15) is 4.99 Å². The Bertz CT molecular complexity index is 516. The quantitative estimate of drug-likeness (QED) is 0.780. The summed E-state index contributed by atoms with van der Waals surface area (Å²) in [6.45, 7) is 0.116. The molecule has 1 unspecified atom stereocenters. The number of rotatable bonds is 2. The first-order valence-corrected chi connectivity index (χ1v) is 4.97. The summed E-state index contributed by atoms with van der Waals surface area (Å²) in [4.78, 5) is 16.5. The number of amides is 2. The molecule has 1 aromatic carbocycles. The molecule has 0 spiro atoms. The van der Waals surface area contributed by atoms with Gasteiger partial charge in [-0.1, -0.05) is 18.1 Å². The number of benzene rings is 1. The smallest absolute Gasteiger partial charge is 0.346 e. The van der Waals surface area contributed by atoms with E-state index in [4.69, 9.17) is 12.2 Å². The van der Waals surface area contributed by atoms with Gasteiger partial charge < -0.3 is 5.73 Å². The lowest BCUT2D eigenvalue weighted by molar-refractivity contribution is 0.213. The summed E-state index contributed by atoms with van der Waals surface area (Å²) in [6, 6.07) is 4.77. The summed E-state index contributed by atoms with van der Waals surface area (Å²) < 4.78 is 12.8. The zero-order chi connectivity index (χ0) is 12.4. The zero-order valence-electron chi connectivity index (χ0n) is 8.93. The van der Waals surface area contributed by atoms with Crippen LogP contribution in [0.1, 0.15) is 11.6 Å². The molecule has 1 aliphatic heterocycles. The van der Waals surface area contributed by atoms with Gasteiger partial charge in [0.15, 0.2) is 0 Å². The second-order valence-electron chi connectivity index (χ2n) is 3.61. The fraction of sp³-hybridized carbons (Fsp3) is 0.167. The third-order valence-electron chi connectivity index (χ3n) is 2.51. The summed E-state index contributed by atoms with van der Waals surface area (Å²) in [5.74, 6) is 2.20. The number of aliphatic imine (C=N–C) groups is 1. The summed E-state index contributed by atoms with van der Waals surface area (Å²) in [5, 5.41) is 0. The van der Waals surface area contributed by atoms with E-state index in [1.165, 1.54) is 17.0 Å². The molecule has 0 aliphatic carbocycles. The normalized spacial score (nSPS) is 19.1. The van der Waals surface area contributed by atoms with Crippen molar-refractivity contribution in [1.82, 2.24) is 4.90 Å². The molecular formula is C12H10FN3O. The fourth-order valence-corrected chi connectivity index (χ4v) is 1.76. The molecule has 2 amide bonds. The van der Waals surface area contributed by atoms with Crippen LogP contribution in [0.2, 0.25) is 0 Å². The first-order valence-electron chi connectivity index (χ1n) is 4.97. The molecule has 0 saturated carbocycles. The number of nitrogens with zero attached hydrogens (tertiary/aromatic N) is 2. The number of carbonyl (C=O) groups excluding carboxylic acids is 1. The number of hydrogen-bond acceptors (Lipinski definition) is 2. The third-order valence-corrected chi connectivity index (χ3v) is 2.51. The topological polar surface area (TPSA) is 58.7 Å². The van der Waals surface area contributed by atoms with E-state index in [2.05, 4.69) is 10.9 Å². The van der Waals surface area contributed by atoms with Crippen LogP contribution in [-0.2, 0) is 0 Å². The molecule has 86 valence electrons. The van der Waals surface area contributed by atoms with Gasteiger partial charge in [-0.05, 0) is 17.7 Å². The molecule has 0 radical (unpaired) electrons. The number of nitrogens with two attached hydrogens (primary N) is 1. The van der Waals surface area contributed by atoms with E-state index in [9.17, 15) is 9.18 Å². The molecule has 0 aromatic heterocycles. The largest absolute Gasteiger partial charge is 0.385 e. The SMILES string of the molecule is C#CCN1C(=O)N=C(N)C1c1ccc(F)cc1. The van der Waals surface area contributed by atoms with Crippen LogP contribution in [0.3, 0.4) is 0 Å². The number of terminal acetylenes is 1. The maximum absolute atomic E-state index is 12.8. The maximum Gasteiger partial charge on any atom is 0.346 e. The minimum absolute atomic E-state index is 0.116. The Balaban J connectivity index is 2.36. The molecule has 0 fully saturated rings. The van der Waals surface area contributed by atoms with Crippen LogP contribution in [0, 0.1) is 18.2 Å². The zero-order valence-corrected chi connectivity index (χ0v) is 8.93. The number of urea groups is 1. The van der Waals surface area contributed by atoms with E-state index in [1.54, 1.807) is 12.1 Å². The number of halogens is 1. The Labute approximate surface area is 97.9 Å².